The van der Waals surface area contributed by atoms with Crippen LogP contribution in [0.15, 0.2) is 12.1 Å². The van der Waals surface area contributed by atoms with Crippen LogP contribution in [0.2, 0.25) is 0 Å². The molecule has 0 aromatic heterocycles. The summed E-state index contributed by atoms with van der Waals surface area (Å²) in [4.78, 5) is 13.2. The molecule has 3 nitrogen and oxygen atoms in total. The van der Waals surface area contributed by atoms with Gasteiger partial charge in [0.05, 0.1) is 6.04 Å². The first-order valence-electron chi connectivity index (χ1n) is 5.50. The van der Waals surface area contributed by atoms with Crippen LogP contribution >= 0.6 is 0 Å². The molecule has 0 fully saturated rings. The van der Waals surface area contributed by atoms with Gasteiger partial charge in [-0.1, -0.05) is 0 Å². The predicted molar refractivity (Wildman–Crippen MR) is 59.1 cm³/mol. The van der Waals surface area contributed by atoms with Crippen molar-refractivity contribution >= 4 is 5.91 Å². The highest BCUT2D eigenvalue weighted by Crippen LogP contribution is 2.23. The van der Waals surface area contributed by atoms with Crippen LogP contribution in [0.5, 0.6) is 0 Å². The molecule has 0 saturated carbocycles. The van der Waals surface area contributed by atoms with Crippen molar-refractivity contribution in [3.63, 3.8) is 0 Å². The Labute approximate surface area is 98.2 Å². The van der Waals surface area contributed by atoms with Gasteiger partial charge in [-0.15, -0.1) is 0 Å². The number of fused-ring (bicyclic) bond motifs is 1. The molecule has 1 atom stereocenters. The summed E-state index contributed by atoms with van der Waals surface area (Å²) in [5, 5.41) is 0. The Hall–Kier alpha value is -1.49. The lowest BCUT2D eigenvalue weighted by Crippen LogP contribution is -2.44. The van der Waals surface area contributed by atoms with E-state index in [2.05, 4.69) is 0 Å². The number of benzene rings is 1. The van der Waals surface area contributed by atoms with Crippen molar-refractivity contribution < 1.29 is 13.6 Å². The molecule has 0 spiro atoms. The second-order valence-electron chi connectivity index (χ2n) is 4.32. The molecule has 0 bridgehead atoms. The highest BCUT2D eigenvalue weighted by atomic mass is 19.1. The Bertz CT molecular complexity index is 460. The smallest absolute Gasteiger partial charge is 0.239 e. The summed E-state index contributed by atoms with van der Waals surface area (Å²) in [6.07, 6.45) is 0.403. The van der Waals surface area contributed by atoms with Crippen molar-refractivity contribution in [2.24, 2.45) is 5.73 Å². The Balaban J connectivity index is 2.27. The maximum absolute atomic E-state index is 13.5. The number of nitrogens with zero attached hydrogens (tertiary/aromatic N) is 1. The lowest BCUT2D eigenvalue weighted by atomic mass is 9.98. The molecule has 1 aromatic carbocycles. The number of rotatable bonds is 1. The molecule has 92 valence electrons. The van der Waals surface area contributed by atoms with Crippen LogP contribution in [0.25, 0.3) is 0 Å². The van der Waals surface area contributed by atoms with Gasteiger partial charge in [-0.3, -0.25) is 4.79 Å². The number of carbonyl (C=O) groups excluding carboxylic acids is 1. The van der Waals surface area contributed by atoms with Crippen LogP contribution in [0, 0.1) is 11.6 Å². The third kappa shape index (κ3) is 2.29. The van der Waals surface area contributed by atoms with Crippen LogP contribution in [0.4, 0.5) is 8.78 Å². The van der Waals surface area contributed by atoms with Crippen molar-refractivity contribution in [2.45, 2.75) is 25.9 Å². The molecule has 1 amide bonds. The summed E-state index contributed by atoms with van der Waals surface area (Å²) < 4.78 is 26.5. The lowest BCUT2D eigenvalue weighted by Gasteiger charge is -2.30. The molecule has 1 heterocycles. The monoisotopic (exact) mass is 240 g/mol. The second-order valence-corrected chi connectivity index (χ2v) is 4.32. The maximum Gasteiger partial charge on any atom is 0.239 e. The summed E-state index contributed by atoms with van der Waals surface area (Å²) in [6.45, 7) is 2.25. The van der Waals surface area contributed by atoms with E-state index < -0.39 is 17.7 Å². The normalized spacial score (nSPS) is 16.6. The molecular weight excluding hydrogens is 226 g/mol. The predicted octanol–water partition coefficient (Wildman–Crippen LogP) is 1.20. The van der Waals surface area contributed by atoms with Crippen molar-refractivity contribution in [1.82, 2.24) is 4.90 Å². The Kier molecular flexibility index (Phi) is 3.11. The van der Waals surface area contributed by atoms with Gasteiger partial charge < -0.3 is 10.6 Å². The van der Waals surface area contributed by atoms with Gasteiger partial charge in [-0.2, -0.15) is 0 Å². The van der Waals surface area contributed by atoms with E-state index >= 15 is 0 Å². The topological polar surface area (TPSA) is 46.3 Å². The first-order chi connectivity index (χ1) is 7.99. The zero-order chi connectivity index (χ0) is 12.6. The molecule has 2 rings (SSSR count). The first-order valence-corrected chi connectivity index (χ1v) is 5.50. The van der Waals surface area contributed by atoms with E-state index in [0.717, 1.165) is 6.07 Å². The van der Waals surface area contributed by atoms with Crippen LogP contribution in [0.1, 0.15) is 18.1 Å². The fourth-order valence-electron chi connectivity index (χ4n) is 2.09. The van der Waals surface area contributed by atoms with Gasteiger partial charge in [-0.05, 0) is 30.5 Å². The maximum atomic E-state index is 13.5. The minimum absolute atomic E-state index is 0.194. The summed E-state index contributed by atoms with van der Waals surface area (Å²) in [6, 6.07) is 1.57. The van der Waals surface area contributed by atoms with Gasteiger partial charge in [0, 0.05) is 19.2 Å². The molecule has 0 saturated heterocycles. The standard InChI is InChI=1S/C12H14F2N2O/c1-7(15)12(17)16-3-2-10-8(6-16)4-9(13)5-11(10)14/h4-5,7H,2-3,6,15H2,1H3/t7-/m1/s1. The van der Waals surface area contributed by atoms with Gasteiger partial charge >= 0.3 is 0 Å². The third-order valence-corrected chi connectivity index (χ3v) is 2.95. The van der Waals surface area contributed by atoms with Crippen LogP contribution in [0.3, 0.4) is 0 Å². The Morgan fingerprint density at radius 1 is 1.47 bits per heavy atom. The zero-order valence-corrected chi connectivity index (χ0v) is 9.54. The molecule has 0 aliphatic carbocycles. The molecule has 0 unspecified atom stereocenters. The number of nitrogens with two attached hydrogens (primary N) is 1. The van der Waals surface area contributed by atoms with E-state index in [9.17, 15) is 13.6 Å². The molecule has 2 N–H and O–H groups in total. The second kappa shape index (κ2) is 4.41. The minimum Gasteiger partial charge on any atom is -0.337 e. The van der Waals surface area contributed by atoms with Gasteiger partial charge in [0.1, 0.15) is 11.6 Å². The summed E-state index contributed by atoms with van der Waals surface area (Å²) in [5.74, 6) is -1.34. The number of halogens is 2. The van der Waals surface area contributed by atoms with Gasteiger partial charge in [0.25, 0.3) is 0 Å². The highest BCUT2D eigenvalue weighted by Gasteiger charge is 2.25. The summed E-state index contributed by atoms with van der Waals surface area (Å²) in [5.41, 5.74) is 6.54. The third-order valence-electron chi connectivity index (χ3n) is 2.95. The van der Waals surface area contributed by atoms with E-state index in [1.807, 2.05) is 0 Å². The summed E-state index contributed by atoms with van der Waals surface area (Å²) >= 11 is 0. The van der Waals surface area contributed by atoms with Crippen LogP contribution in [-0.2, 0) is 17.8 Å². The number of amides is 1. The molecule has 0 radical (unpaired) electrons. The molecule has 1 aromatic rings. The van der Waals surface area contributed by atoms with Gasteiger partial charge in [0.15, 0.2) is 0 Å². The van der Waals surface area contributed by atoms with E-state index in [1.165, 1.54) is 11.0 Å². The van der Waals surface area contributed by atoms with E-state index in [0.29, 0.717) is 24.1 Å². The number of hydrogen-bond acceptors (Lipinski definition) is 2. The van der Waals surface area contributed by atoms with E-state index in [1.54, 1.807) is 6.92 Å². The van der Waals surface area contributed by atoms with E-state index in [-0.39, 0.29) is 12.5 Å². The Morgan fingerprint density at radius 3 is 2.82 bits per heavy atom. The largest absolute Gasteiger partial charge is 0.337 e. The first kappa shape index (κ1) is 12.0. The van der Waals surface area contributed by atoms with Crippen LogP contribution in [-0.4, -0.2) is 23.4 Å². The van der Waals surface area contributed by atoms with Crippen molar-refractivity contribution in [3.05, 3.63) is 34.9 Å². The fourth-order valence-corrected chi connectivity index (χ4v) is 2.09. The molecule has 1 aliphatic heterocycles. The van der Waals surface area contributed by atoms with Crippen molar-refractivity contribution in [3.8, 4) is 0 Å². The van der Waals surface area contributed by atoms with Crippen molar-refractivity contribution in [2.75, 3.05) is 6.54 Å². The quantitative estimate of drug-likeness (QED) is 0.801. The zero-order valence-electron chi connectivity index (χ0n) is 9.54. The molecular formula is C12H14F2N2O. The summed E-state index contributed by atoms with van der Waals surface area (Å²) in [7, 11) is 0. The van der Waals surface area contributed by atoms with Crippen LogP contribution < -0.4 is 5.73 Å². The molecule has 1 aliphatic rings. The van der Waals surface area contributed by atoms with Gasteiger partial charge in [-0.25, -0.2) is 8.78 Å². The average molecular weight is 240 g/mol. The average Bonchev–Trinajstić information content (AvgIpc) is 2.26. The number of hydrogen-bond donors (Lipinski definition) is 1. The van der Waals surface area contributed by atoms with E-state index in [4.69, 9.17) is 5.73 Å². The number of carbonyl (C=O) groups is 1. The highest BCUT2D eigenvalue weighted by molar-refractivity contribution is 5.81. The van der Waals surface area contributed by atoms with Crippen molar-refractivity contribution in [1.29, 1.82) is 0 Å². The molecule has 5 heteroatoms. The SMILES string of the molecule is C[C@@H](N)C(=O)N1CCc2c(F)cc(F)cc2C1. The van der Waals surface area contributed by atoms with Gasteiger partial charge in [0.2, 0.25) is 5.91 Å². The minimum atomic E-state index is -0.614. The fraction of sp³-hybridized carbons (Fsp3) is 0.417. The Morgan fingerprint density at radius 2 is 2.18 bits per heavy atom. The lowest BCUT2D eigenvalue weighted by molar-refractivity contribution is -0.133. The molecule has 17 heavy (non-hydrogen) atoms.